The lowest BCUT2D eigenvalue weighted by atomic mass is 9.83. The number of aliphatic hydroxyl groups excluding tert-OH is 11. The predicted octanol–water partition coefficient (Wildman–Crippen LogP) is -3.65. The minimum atomic E-state index is -1.89. The van der Waals surface area contributed by atoms with E-state index in [1.807, 2.05) is 0 Å². The van der Waals surface area contributed by atoms with E-state index in [1.54, 1.807) is 19.1 Å². The molecule has 0 radical (unpaired) electrons. The van der Waals surface area contributed by atoms with Crippen LogP contribution in [0.15, 0.2) is 66.5 Å². The molecule has 0 amide bonds. The van der Waals surface area contributed by atoms with Gasteiger partial charge in [-0.3, -0.25) is 0 Å². The fourth-order valence-corrected chi connectivity index (χ4v) is 8.83. The van der Waals surface area contributed by atoms with Gasteiger partial charge in [0.15, 0.2) is 17.8 Å². The third kappa shape index (κ3) is 12.0. The Bertz CT molecular complexity index is 2250. The molecule has 0 aromatic heterocycles. The molecular formula is C46H56O25. The summed E-state index contributed by atoms with van der Waals surface area (Å²) in [5.74, 6) is -5.83. The predicted molar refractivity (Wildman–Crippen MR) is 231 cm³/mol. The van der Waals surface area contributed by atoms with E-state index in [0.717, 1.165) is 18.4 Å². The summed E-state index contributed by atoms with van der Waals surface area (Å²) in [7, 11) is 0. The lowest BCUT2D eigenvalue weighted by Crippen LogP contribution is -2.60. The molecular weight excluding hydrogens is 952 g/mol. The van der Waals surface area contributed by atoms with Crippen LogP contribution in [0.2, 0.25) is 0 Å². The molecule has 1 saturated carbocycles. The minimum Gasteiger partial charge on any atom is -0.504 e. The van der Waals surface area contributed by atoms with Crippen LogP contribution in [0.5, 0.6) is 17.2 Å². The molecule has 5 aliphatic rings. The van der Waals surface area contributed by atoms with Gasteiger partial charge < -0.3 is 109 Å². The highest BCUT2D eigenvalue weighted by Gasteiger charge is 2.55. The van der Waals surface area contributed by atoms with E-state index in [-0.39, 0.29) is 29.1 Å². The number of carboxylic acids is 1. The first-order valence-electron chi connectivity index (χ1n) is 22.3. The molecule has 2 aromatic rings. The van der Waals surface area contributed by atoms with Gasteiger partial charge in [-0.05, 0) is 54.0 Å². The maximum absolute atomic E-state index is 13.1. The van der Waals surface area contributed by atoms with Gasteiger partial charge in [-0.15, -0.1) is 0 Å². The molecule has 0 spiro atoms. The molecule has 0 unspecified atom stereocenters. The number of phenols is 1. The maximum atomic E-state index is 13.1. The first kappa shape index (κ1) is 53.5. The van der Waals surface area contributed by atoms with Crippen molar-refractivity contribution in [2.24, 2.45) is 17.8 Å². The fraction of sp³-hybridized carbons (Fsp3) is 0.543. The van der Waals surface area contributed by atoms with E-state index in [0.29, 0.717) is 5.56 Å². The van der Waals surface area contributed by atoms with E-state index in [1.165, 1.54) is 42.5 Å². The quantitative estimate of drug-likeness (QED) is 0.0570. The standard InChI is InChI=1S/C46H56O25/c1-18-26(66-31(51)11-5-19-2-7-21(8-3-19)65-44-39(58)36(55)33(52)27(14-47)68-44)13-22-23(42(61)62)16-64-43(32(18)22)71-46-41(60)38(57)35(54)29(70-46)17-63-30(50)10-6-20-4-9-25(24(49)12-20)67-45-40(59)37(56)34(53)28(15-48)69-45/h2-12,16,18,22,26-29,32-41,43-49,52-60H,13-15,17H2,1H3,(H,61,62)/t18-,22+,26-,27+,28+,29+,32+,33+,34+,35+,36-,37-,38-,39+,40+,41+,43-,44+,45+,46-/m0/s1. The smallest absolute Gasteiger partial charge is 0.334 e. The van der Waals surface area contributed by atoms with Crippen LogP contribution in [-0.4, -0.2) is 209 Å². The molecule has 4 heterocycles. The Labute approximate surface area is 403 Å². The van der Waals surface area contributed by atoms with Crippen molar-refractivity contribution in [3.8, 4) is 17.2 Å². The summed E-state index contributed by atoms with van der Waals surface area (Å²) in [4.78, 5) is 38.1. The Balaban J connectivity index is 0.925. The zero-order chi connectivity index (χ0) is 51.4. The molecule has 25 nitrogen and oxygen atoms in total. The summed E-state index contributed by atoms with van der Waals surface area (Å²) in [5, 5.41) is 132. The summed E-state index contributed by atoms with van der Waals surface area (Å²) >= 11 is 0. The van der Waals surface area contributed by atoms with E-state index < -0.39 is 166 Å². The highest BCUT2D eigenvalue weighted by atomic mass is 16.8. The second-order valence-electron chi connectivity index (χ2n) is 17.5. The topological polar surface area (TPSA) is 397 Å². The zero-order valence-corrected chi connectivity index (χ0v) is 37.5. The number of carboxylic acid groups (broad SMARTS) is 1. The number of aliphatic hydroxyl groups is 11. The van der Waals surface area contributed by atoms with Crippen LogP contribution in [0, 0.1) is 17.8 Å². The van der Waals surface area contributed by atoms with Crippen LogP contribution in [0.25, 0.3) is 12.2 Å². The van der Waals surface area contributed by atoms with Gasteiger partial charge >= 0.3 is 17.9 Å². The lowest BCUT2D eigenvalue weighted by molar-refractivity contribution is -0.342. The number of hydrogen-bond donors (Lipinski definition) is 13. The maximum Gasteiger partial charge on any atom is 0.334 e. The summed E-state index contributed by atoms with van der Waals surface area (Å²) in [6, 6.07) is 9.86. The molecule has 4 aliphatic heterocycles. The molecule has 1 aliphatic carbocycles. The van der Waals surface area contributed by atoms with E-state index in [2.05, 4.69) is 0 Å². The monoisotopic (exact) mass is 1010 g/mol. The highest BCUT2D eigenvalue weighted by Crippen LogP contribution is 2.48. The van der Waals surface area contributed by atoms with Crippen LogP contribution in [0.1, 0.15) is 24.5 Å². The number of aromatic hydroxyl groups is 1. The first-order valence-corrected chi connectivity index (χ1v) is 22.3. The van der Waals surface area contributed by atoms with Crippen molar-refractivity contribution in [2.45, 2.75) is 118 Å². The summed E-state index contributed by atoms with van der Waals surface area (Å²) < 4.78 is 50.1. The molecule has 7 rings (SSSR count). The van der Waals surface area contributed by atoms with Gasteiger partial charge in [-0.1, -0.05) is 25.1 Å². The largest absolute Gasteiger partial charge is 0.504 e. The van der Waals surface area contributed by atoms with E-state index >= 15 is 0 Å². The SMILES string of the molecule is C[C@@H]1[C@H]2[C@H](O[C@@H]3O[C@H](COC(=O)C=Cc4ccc(O[C@@H]5O[C@H](CO)[C@@H](O)[C@H](O)[C@H]5O)c(O)c4)[C@@H](O)[C@H](O)[C@H]3O)OC=C(C(=O)O)[C@H]2C[C@@H]1OC(=O)C=Cc1ccc(O[C@@H]2O[C@H](CO)[C@@H](O)[C@H](O)[C@H]2O)cc1. The number of esters is 2. The Hall–Kier alpha value is -5.33. The van der Waals surface area contributed by atoms with Crippen molar-refractivity contribution in [1.29, 1.82) is 0 Å². The van der Waals surface area contributed by atoms with Crippen LogP contribution < -0.4 is 9.47 Å². The van der Waals surface area contributed by atoms with Crippen molar-refractivity contribution in [3.63, 3.8) is 0 Å². The minimum absolute atomic E-state index is 0.0257. The molecule has 71 heavy (non-hydrogen) atoms. The molecule has 3 saturated heterocycles. The van der Waals surface area contributed by atoms with Crippen molar-refractivity contribution < 1.29 is 123 Å². The van der Waals surface area contributed by atoms with Gasteiger partial charge in [0.1, 0.15) is 91.7 Å². The van der Waals surface area contributed by atoms with E-state index in [9.17, 15) is 80.8 Å². The molecule has 2 aromatic carbocycles. The Morgan fingerprint density at radius 1 is 0.648 bits per heavy atom. The second kappa shape index (κ2) is 23.0. The molecule has 13 N–H and O–H groups in total. The van der Waals surface area contributed by atoms with Crippen molar-refractivity contribution >= 4 is 30.1 Å². The van der Waals surface area contributed by atoms with Gasteiger partial charge in [0.2, 0.25) is 18.9 Å². The molecule has 20 atom stereocenters. The summed E-state index contributed by atoms with van der Waals surface area (Å²) in [6.45, 7) is -0.334. The van der Waals surface area contributed by atoms with Gasteiger partial charge in [0.05, 0.1) is 25.0 Å². The van der Waals surface area contributed by atoms with Gasteiger partial charge in [0, 0.05) is 29.9 Å². The third-order valence-electron chi connectivity index (χ3n) is 12.9. The van der Waals surface area contributed by atoms with Gasteiger partial charge in [-0.25, -0.2) is 14.4 Å². The first-order chi connectivity index (χ1) is 33.8. The highest BCUT2D eigenvalue weighted by molar-refractivity contribution is 5.88. The normalized spacial score (nSPS) is 38.2. The van der Waals surface area contributed by atoms with Gasteiger partial charge in [-0.2, -0.15) is 0 Å². The fourth-order valence-electron chi connectivity index (χ4n) is 8.83. The van der Waals surface area contributed by atoms with Crippen molar-refractivity contribution in [1.82, 2.24) is 0 Å². The molecule has 0 bridgehead atoms. The Morgan fingerprint density at radius 3 is 1.77 bits per heavy atom. The molecule has 25 heteroatoms. The summed E-state index contributed by atoms with van der Waals surface area (Å²) in [5.41, 5.74) is 0.607. The number of carbonyl (C=O) groups excluding carboxylic acids is 2. The van der Waals surface area contributed by atoms with Crippen LogP contribution in [0.4, 0.5) is 0 Å². The average Bonchev–Trinajstić information content (AvgIpc) is 3.68. The number of aliphatic carboxylic acids is 1. The number of benzene rings is 2. The Morgan fingerprint density at radius 2 is 1.18 bits per heavy atom. The Kier molecular flexibility index (Phi) is 17.4. The third-order valence-corrected chi connectivity index (χ3v) is 12.9. The van der Waals surface area contributed by atoms with Crippen LogP contribution in [-0.2, 0) is 47.5 Å². The molecule has 390 valence electrons. The van der Waals surface area contributed by atoms with Crippen molar-refractivity contribution in [2.75, 3.05) is 19.8 Å². The number of phenolic OH excluding ortho intramolecular Hbond substituents is 1. The molecule has 4 fully saturated rings. The van der Waals surface area contributed by atoms with Crippen LogP contribution >= 0.6 is 0 Å². The number of rotatable bonds is 16. The number of ether oxygens (including phenoxy) is 9. The van der Waals surface area contributed by atoms with Crippen molar-refractivity contribution in [3.05, 3.63) is 77.6 Å². The second-order valence-corrected chi connectivity index (χ2v) is 17.5. The average molecular weight is 1010 g/mol. The number of fused-ring (bicyclic) bond motifs is 1. The number of hydrogen-bond acceptors (Lipinski definition) is 24. The van der Waals surface area contributed by atoms with E-state index in [4.69, 9.17) is 42.6 Å². The number of carbonyl (C=O) groups is 3. The zero-order valence-electron chi connectivity index (χ0n) is 37.5. The van der Waals surface area contributed by atoms with Gasteiger partial charge in [0.25, 0.3) is 0 Å². The lowest BCUT2D eigenvalue weighted by Gasteiger charge is -2.43. The van der Waals surface area contributed by atoms with Crippen LogP contribution in [0.3, 0.4) is 0 Å². The summed E-state index contributed by atoms with van der Waals surface area (Å²) in [6.07, 6.45) is -20.5.